The molecule has 0 aromatic rings. The van der Waals surface area contributed by atoms with Crippen LogP contribution in [0.4, 0.5) is 0 Å². The summed E-state index contributed by atoms with van der Waals surface area (Å²) in [6.45, 7) is 15.4. The minimum absolute atomic E-state index is 0.0193. The molecule has 0 aromatic heterocycles. The van der Waals surface area contributed by atoms with Crippen molar-refractivity contribution in [2.75, 3.05) is 0 Å². The fraction of sp³-hybridized carbons (Fsp3) is 1.00. The van der Waals surface area contributed by atoms with Crippen LogP contribution in [0.25, 0.3) is 0 Å². The normalized spacial score (nSPS) is 37.1. The zero-order valence-electron chi connectivity index (χ0n) is 17.0. The van der Waals surface area contributed by atoms with Gasteiger partial charge < -0.3 is 14.9 Å². The molecule has 0 aliphatic heterocycles. The summed E-state index contributed by atoms with van der Waals surface area (Å²) < 4.78 is 6.42. The van der Waals surface area contributed by atoms with E-state index in [0.717, 1.165) is 38.5 Å². The predicted molar refractivity (Wildman–Crippen MR) is 98.7 cm³/mol. The molecule has 0 aromatic carbocycles. The first-order valence-electron chi connectivity index (χ1n) is 9.82. The van der Waals surface area contributed by atoms with E-state index in [1.165, 1.54) is 0 Å². The van der Waals surface area contributed by atoms with Crippen molar-refractivity contribution >= 4 is 0 Å². The summed E-state index contributed by atoms with van der Waals surface area (Å²) in [7, 11) is 0. The second kappa shape index (κ2) is 6.55. The lowest BCUT2D eigenvalue weighted by atomic mass is 9.63. The Morgan fingerprint density at radius 2 is 1.71 bits per heavy atom. The van der Waals surface area contributed by atoms with E-state index < -0.39 is 11.9 Å². The van der Waals surface area contributed by atoms with E-state index in [1.54, 1.807) is 0 Å². The SMILES string of the molecule is C[C@@H]1CC2(O)CCCC(OC(O)C(CC(C)(C)C)C(C)(C)C)(C1)C2. The van der Waals surface area contributed by atoms with Gasteiger partial charge in [0.2, 0.25) is 0 Å². The molecular weight excluding hydrogens is 300 g/mol. The first-order chi connectivity index (χ1) is 10.7. The highest BCUT2D eigenvalue weighted by atomic mass is 16.6. The highest BCUT2D eigenvalue weighted by Gasteiger charge is 2.52. The number of aliphatic hydroxyl groups is 2. The lowest BCUT2D eigenvalue weighted by Crippen LogP contribution is -2.55. The van der Waals surface area contributed by atoms with E-state index in [-0.39, 0.29) is 22.3 Å². The number of fused-ring (bicyclic) bond motifs is 2. The van der Waals surface area contributed by atoms with Crippen molar-refractivity contribution in [3.05, 3.63) is 0 Å². The molecule has 0 radical (unpaired) electrons. The van der Waals surface area contributed by atoms with Crippen LogP contribution in [0.5, 0.6) is 0 Å². The van der Waals surface area contributed by atoms with Crippen LogP contribution >= 0.6 is 0 Å². The maximum absolute atomic E-state index is 11.0. The first kappa shape index (κ1) is 20.2. The lowest BCUT2D eigenvalue weighted by Gasteiger charge is -2.53. The van der Waals surface area contributed by atoms with Gasteiger partial charge in [-0.1, -0.05) is 48.5 Å². The molecular formula is C21H40O3. The molecule has 3 nitrogen and oxygen atoms in total. The second-order valence-corrected chi connectivity index (χ2v) is 11.2. The summed E-state index contributed by atoms with van der Waals surface area (Å²) in [5.41, 5.74) is -0.802. The highest BCUT2D eigenvalue weighted by molar-refractivity contribution is 5.03. The topological polar surface area (TPSA) is 49.7 Å². The molecule has 0 saturated heterocycles. The molecule has 0 heterocycles. The molecule has 2 aliphatic carbocycles. The van der Waals surface area contributed by atoms with Gasteiger partial charge in [-0.3, -0.25) is 0 Å². The standard InChI is InChI=1S/C21H40O3/c1-15-11-20(23)9-8-10-21(12-15,14-20)24-17(22)16(19(5,6)7)13-18(2,3)4/h15-17,22-23H,8-14H2,1-7H3/t15-,16?,17?,20?,21?/m1/s1. The molecule has 0 spiro atoms. The molecule has 2 fully saturated rings. The van der Waals surface area contributed by atoms with Gasteiger partial charge in [-0.2, -0.15) is 0 Å². The van der Waals surface area contributed by atoms with Crippen molar-refractivity contribution in [2.45, 2.75) is 111 Å². The Hall–Kier alpha value is -0.120. The highest BCUT2D eigenvalue weighted by Crippen LogP contribution is 2.51. The molecule has 2 N–H and O–H groups in total. The smallest absolute Gasteiger partial charge is 0.158 e. The van der Waals surface area contributed by atoms with Gasteiger partial charge in [0.05, 0.1) is 11.2 Å². The minimum Gasteiger partial charge on any atom is -0.390 e. The molecule has 142 valence electrons. The Labute approximate surface area is 149 Å². The summed E-state index contributed by atoms with van der Waals surface area (Å²) >= 11 is 0. The van der Waals surface area contributed by atoms with Crippen LogP contribution in [0.3, 0.4) is 0 Å². The molecule has 2 saturated carbocycles. The van der Waals surface area contributed by atoms with Gasteiger partial charge in [-0.15, -0.1) is 0 Å². The van der Waals surface area contributed by atoms with Crippen LogP contribution in [0.2, 0.25) is 0 Å². The van der Waals surface area contributed by atoms with Gasteiger partial charge >= 0.3 is 0 Å². The molecule has 5 atom stereocenters. The van der Waals surface area contributed by atoms with Crippen LogP contribution in [-0.4, -0.2) is 27.7 Å². The zero-order valence-corrected chi connectivity index (χ0v) is 17.0. The summed E-state index contributed by atoms with van der Waals surface area (Å²) in [6.07, 6.45) is 5.51. The van der Waals surface area contributed by atoms with E-state index in [2.05, 4.69) is 48.5 Å². The van der Waals surface area contributed by atoms with Gasteiger partial charge in [0.15, 0.2) is 6.29 Å². The predicted octanol–water partition coefficient (Wildman–Crippen LogP) is 4.89. The fourth-order valence-corrected chi connectivity index (χ4v) is 5.20. The van der Waals surface area contributed by atoms with Crippen molar-refractivity contribution < 1.29 is 14.9 Å². The quantitative estimate of drug-likeness (QED) is 0.716. The largest absolute Gasteiger partial charge is 0.390 e. The van der Waals surface area contributed by atoms with Crippen molar-refractivity contribution in [2.24, 2.45) is 22.7 Å². The van der Waals surface area contributed by atoms with E-state index in [4.69, 9.17) is 4.74 Å². The summed E-state index contributed by atoms with van der Waals surface area (Å²) in [5.74, 6) is 0.533. The van der Waals surface area contributed by atoms with Gasteiger partial charge in [-0.05, 0) is 55.3 Å². The number of ether oxygens (including phenoxy) is 1. The van der Waals surface area contributed by atoms with Gasteiger partial charge in [0, 0.05) is 12.3 Å². The Morgan fingerprint density at radius 1 is 1.08 bits per heavy atom. The maximum Gasteiger partial charge on any atom is 0.158 e. The lowest BCUT2D eigenvalue weighted by molar-refractivity contribution is -0.268. The third kappa shape index (κ3) is 4.95. The van der Waals surface area contributed by atoms with E-state index >= 15 is 0 Å². The van der Waals surface area contributed by atoms with E-state index in [1.807, 2.05) is 0 Å². The maximum atomic E-state index is 11.0. The molecule has 24 heavy (non-hydrogen) atoms. The second-order valence-electron chi connectivity index (χ2n) is 11.2. The van der Waals surface area contributed by atoms with Gasteiger partial charge in [-0.25, -0.2) is 0 Å². The Balaban J connectivity index is 2.17. The minimum atomic E-state index is -0.767. The summed E-state index contributed by atoms with van der Waals surface area (Å²) in [4.78, 5) is 0. The number of hydrogen-bond acceptors (Lipinski definition) is 3. The summed E-state index contributed by atoms with van der Waals surface area (Å²) in [6, 6.07) is 0. The Bertz CT molecular complexity index is 433. The van der Waals surface area contributed by atoms with Crippen LogP contribution in [0, 0.1) is 22.7 Å². The number of hydrogen-bond donors (Lipinski definition) is 2. The van der Waals surface area contributed by atoms with Crippen molar-refractivity contribution in [1.82, 2.24) is 0 Å². The third-order valence-electron chi connectivity index (χ3n) is 6.03. The van der Waals surface area contributed by atoms with Crippen LogP contribution in [0.1, 0.15) is 93.4 Å². The van der Waals surface area contributed by atoms with Crippen molar-refractivity contribution in [3.8, 4) is 0 Å². The fourth-order valence-electron chi connectivity index (χ4n) is 5.20. The Kier molecular flexibility index (Phi) is 5.52. The molecule has 4 unspecified atom stereocenters. The van der Waals surface area contributed by atoms with Crippen molar-refractivity contribution in [1.29, 1.82) is 0 Å². The molecule has 2 bridgehead atoms. The first-order valence-corrected chi connectivity index (χ1v) is 9.82. The van der Waals surface area contributed by atoms with Gasteiger partial charge in [0.1, 0.15) is 0 Å². The van der Waals surface area contributed by atoms with Crippen LogP contribution in [-0.2, 0) is 4.74 Å². The molecule has 3 heteroatoms. The zero-order chi connectivity index (χ0) is 18.4. The van der Waals surface area contributed by atoms with E-state index in [0.29, 0.717) is 12.3 Å². The van der Waals surface area contributed by atoms with Gasteiger partial charge in [0.25, 0.3) is 0 Å². The van der Waals surface area contributed by atoms with Crippen molar-refractivity contribution in [3.63, 3.8) is 0 Å². The van der Waals surface area contributed by atoms with Crippen LogP contribution in [0.15, 0.2) is 0 Å². The number of rotatable bonds is 4. The monoisotopic (exact) mass is 340 g/mol. The molecule has 2 aliphatic rings. The molecule has 0 amide bonds. The van der Waals surface area contributed by atoms with E-state index in [9.17, 15) is 10.2 Å². The molecule has 2 rings (SSSR count). The van der Waals surface area contributed by atoms with Crippen LogP contribution < -0.4 is 0 Å². The number of aliphatic hydroxyl groups excluding tert-OH is 1. The average Bonchev–Trinajstić information content (AvgIpc) is 2.30. The summed E-state index contributed by atoms with van der Waals surface area (Å²) in [5, 5.41) is 21.9. The average molecular weight is 341 g/mol. The third-order valence-corrected chi connectivity index (χ3v) is 6.03. The Morgan fingerprint density at radius 3 is 2.25 bits per heavy atom.